The van der Waals surface area contributed by atoms with Gasteiger partial charge >= 0.3 is 6.09 Å². The number of hydrogen-bond acceptors (Lipinski definition) is 3. The molecule has 1 heterocycles. The number of carbonyl (C=O) groups excluding carboxylic acids is 1. The van der Waals surface area contributed by atoms with Gasteiger partial charge in [-0.15, -0.1) is 6.42 Å². The molecule has 0 aromatic carbocycles. The summed E-state index contributed by atoms with van der Waals surface area (Å²) < 4.78 is 6.90. The molecule has 1 aromatic heterocycles. The van der Waals surface area contributed by atoms with E-state index in [1.807, 2.05) is 27.0 Å². The second-order valence-corrected chi connectivity index (χ2v) is 5.09. The Morgan fingerprint density at radius 3 is 2.83 bits per heavy atom. The maximum Gasteiger partial charge on any atom is 0.410 e. The third-order valence-corrected chi connectivity index (χ3v) is 2.06. The molecule has 0 aliphatic rings. The van der Waals surface area contributed by atoms with Gasteiger partial charge in [-0.25, -0.2) is 4.79 Å². The lowest BCUT2D eigenvalue weighted by atomic mass is 10.2. The van der Waals surface area contributed by atoms with Crippen molar-refractivity contribution in [2.45, 2.75) is 39.5 Å². The molecule has 0 saturated carbocycles. The minimum Gasteiger partial charge on any atom is -0.444 e. The summed E-state index contributed by atoms with van der Waals surface area (Å²) >= 11 is 0. The van der Waals surface area contributed by atoms with Crippen molar-refractivity contribution in [2.75, 3.05) is 7.05 Å². The fourth-order valence-electron chi connectivity index (χ4n) is 1.35. The Labute approximate surface area is 108 Å². The third kappa shape index (κ3) is 4.50. The van der Waals surface area contributed by atoms with Crippen molar-refractivity contribution in [3.05, 3.63) is 18.0 Å². The lowest BCUT2D eigenvalue weighted by Gasteiger charge is -2.24. The van der Waals surface area contributed by atoms with Crippen LogP contribution < -0.4 is 0 Å². The van der Waals surface area contributed by atoms with Gasteiger partial charge in [0.05, 0.1) is 12.7 Å². The number of rotatable bonds is 3. The maximum atomic E-state index is 11.7. The quantitative estimate of drug-likeness (QED) is 0.768. The van der Waals surface area contributed by atoms with Gasteiger partial charge in [0.1, 0.15) is 12.1 Å². The van der Waals surface area contributed by atoms with Gasteiger partial charge < -0.3 is 9.64 Å². The second-order valence-electron chi connectivity index (χ2n) is 5.09. The van der Waals surface area contributed by atoms with E-state index in [1.54, 1.807) is 17.9 Å². The number of hydrogen-bond donors (Lipinski definition) is 0. The zero-order chi connectivity index (χ0) is 13.8. The monoisotopic (exact) mass is 249 g/mol. The highest BCUT2D eigenvalue weighted by Gasteiger charge is 2.19. The average molecular weight is 249 g/mol. The summed E-state index contributed by atoms with van der Waals surface area (Å²) in [6.07, 6.45) is 8.35. The third-order valence-electron chi connectivity index (χ3n) is 2.06. The summed E-state index contributed by atoms with van der Waals surface area (Å²) in [5.41, 5.74) is 0.428. The Bertz CT molecular complexity index is 452. The predicted molar refractivity (Wildman–Crippen MR) is 68.8 cm³/mol. The minimum absolute atomic E-state index is 0.354. The molecule has 0 atom stereocenters. The Morgan fingerprint density at radius 1 is 1.61 bits per heavy atom. The van der Waals surface area contributed by atoms with Crippen LogP contribution in [0.1, 0.15) is 26.3 Å². The van der Waals surface area contributed by atoms with Crippen LogP contribution in [-0.2, 0) is 17.8 Å². The van der Waals surface area contributed by atoms with Crippen LogP contribution in [0, 0.1) is 12.3 Å². The van der Waals surface area contributed by atoms with E-state index in [-0.39, 0.29) is 6.09 Å². The number of ether oxygens (including phenoxy) is 1. The zero-order valence-corrected chi connectivity index (χ0v) is 11.3. The van der Waals surface area contributed by atoms with Crippen LogP contribution in [-0.4, -0.2) is 33.4 Å². The molecule has 0 unspecified atom stereocenters. The lowest BCUT2D eigenvalue weighted by Crippen LogP contribution is -2.33. The van der Waals surface area contributed by atoms with Gasteiger partial charge in [-0.3, -0.25) is 4.68 Å². The molecule has 0 saturated heterocycles. The van der Waals surface area contributed by atoms with E-state index in [9.17, 15) is 4.79 Å². The molecular formula is C13H19N3O2. The molecule has 0 fully saturated rings. The van der Waals surface area contributed by atoms with Gasteiger partial charge in [-0.2, -0.15) is 5.10 Å². The van der Waals surface area contributed by atoms with Crippen LogP contribution in [0.3, 0.4) is 0 Å². The number of terminal acetylenes is 1. The van der Waals surface area contributed by atoms with Crippen LogP contribution in [0.15, 0.2) is 12.4 Å². The molecule has 1 rings (SSSR count). The van der Waals surface area contributed by atoms with Crippen LogP contribution in [0.2, 0.25) is 0 Å². The zero-order valence-electron chi connectivity index (χ0n) is 11.3. The first kappa shape index (κ1) is 14.1. The van der Waals surface area contributed by atoms with Crippen molar-refractivity contribution < 1.29 is 9.53 Å². The molecule has 0 bridgehead atoms. The highest BCUT2D eigenvalue weighted by atomic mass is 16.6. The molecule has 0 N–H and O–H groups in total. The van der Waals surface area contributed by atoms with Gasteiger partial charge in [-0.1, -0.05) is 5.92 Å². The van der Waals surface area contributed by atoms with Crippen molar-refractivity contribution >= 4 is 6.09 Å². The van der Waals surface area contributed by atoms with E-state index < -0.39 is 5.60 Å². The van der Waals surface area contributed by atoms with Crippen LogP contribution in [0.25, 0.3) is 0 Å². The van der Waals surface area contributed by atoms with Gasteiger partial charge in [0, 0.05) is 18.8 Å². The number of amides is 1. The molecule has 0 aliphatic carbocycles. The lowest BCUT2D eigenvalue weighted by molar-refractivity contribution is 0.0285. The van der Waals surface area contributed by atoms with E-state index in [1.165, 1.54) is 4.90 Å². The van der Waals surface area contributed by atoms with Crippen molar-refractivity contribution in [1.29, 1.82) is 0 Å². The highest BCUT2D eigenvalue weighted by molar-refractivity contribution is 5.67. The summed E-state index contributed by atoms with van der Waals surface area (Å²) in [7, 11) is 1.69. The van der Waals surface area contributed by atoms with Crippen molar-refractivity contribution in [3.8, 4) is 12.3 Å². The predicted octanol–water partition coefficient (Wildman–Crippen LogP) is 1.88. The van der Waals surface area contributed by atoms with Crippen molar-refractivity contribution in [2.24, 2.45) is 0 Å². The van der Waals surface area contributed by atoms with E-state index in [0.29, 0.717) is 13.1 Å². The first-order chi connectivity index (χ1) is 8.31. The topological polar surface area (TPSA) is 47.4 Å². The molecule has 98 valence electrons. The minimum atomic E-state index is -0.487. The fourth-order valence-corrected chi connectivity index (χ4v) is 1.35. The van der Waals surface area contributed by atoms with Gasteiger partial charge in [0.15, 0.2) is 0 Å². The van der Waals surface area contributed by atoms with Gasteiger partial charge in [0.2, 0.25) is 0 Å². The molecule has 0 radical (unpaired) electrons. The first-order valence-corrected chi connectivity index (χ1v) is 5.71. The second kappa shape index (κ2) is 5.58. The standard InChI is InChI=1S/C13H19N3O2/c1-6-7-16-10-11(8-14-16)9-15(5)12(17)18-13(2,3)4/h1,8,10H,7,9H2,2-5H3. The molecule has 0 spiro atoms. The van der Waals surface area contributed by atoms with E-state index >= 15 is 0 Å². The summed E-state index contributed by atoms with van der Waals surface area (Å²) in [4.78, 5) is 13.2. The van der Waals surface area contributed by atoms with Crippen LogP contribution in [0.4, 0.5) is 4.79 Å². The Morgan fingerprint density at radius 2 is 2.28 bits per heavy atom. The fraction of sp³-hybridized carbons (Fsp3) is 0.538. The van der Waals surface area contributed by atoms with E-state index in [2.05, 4.69) is 11.0 Å². The number of nitrogens with zero attached hydrogens (tertiary/aromatic N) is 3. The summed E-state index contributed by atoms with van der Waals surface area (Å²) in [6.45, 7) is 6.38. The summed E-state index contributed by atoms with van der Waals surface area (Å²) in [5, 5.41) is 4.09. The molecule has 5 heteroatoms. The maximum absolute atomic E-state index is 11.7. The van der Waals surface area contributed by atoms with Crippen LogP contribution >= 0.6 is 0 Å². The smallest absolute Gasteiger partial charge is 0.410 e. The average Bonchev–Trinajstić information content (AvgIpc) is 2.63. The van der Waals surface area contributed by atoms with Crippen molar-refractivity contribution in [3.63, 3.8) is 0 Å². The largest absolute Gasteiger partial charge is 0.444 e. The molecule has 1 aromatic rings. The van der Waals surface area contributed by atoms with E-state index in [0.717, 1.165) is 5.56 Å². The van der Waals surface area contributed by atoms with Crippen molar-refractivity contribution in [1.82, 2.24) is 14.7 Å². The Balaban J connectivity index is 2.56. The van der Waals surface area contributed by atoms with Gasteiger partial charge in [0.25, 0.3) is 0 Å². The molecule has 5 nitrogen and oxygen atoms in total. The molecular weight excluding hydrogens is 230 g/mol. The van der Waals surface area contributed by atoms with E-state index in [4.69, 9.17) is 11.2 Å². The first-order valence-electron chi connectivity index (χ1n) is 5.71. The Hall–Kier alpha value is -1.96. The van der Waals surface area contributed by atoms with Crippen LogP contribution in [0.5, 0.6) is 0 Å². The molecule has 1 amide bonds. The van der Waals surface area contributed by atoms with Gasteiger partial charge in [-0.05, 0) is 20.8 Å². The summed E-state index contributed by atoms with van der Waals surface area (Å²) in [6, 6.07) is 0. The highest BCUT2D eigenvalue weighted by Crippen LogP contribution is 2.11. The normalized spacial score (nSPS) is 10.8. The SMILES string of the molecule is C#CCn1cc(CN(C)C(=O)OC(C)(C)C)cn1. The Kier molecular flexibility index (Phi) is 4.38. The summed E-state index contributed by atoms with van der Waals surface area (Å²) in [5.74, 6) is 2.50. The number of carbonyl (C=O) groups is 1. The number of aromatic nitrogens is 2. The molecule has 0 aliphatic heterocycles. The molecule has 18 heavy (non-hydrogen) atoms.